The largest absolute Gasteiger partial charge is 0.502 e. The van der Waals surface area contributed by atoms with E-state index >= 15 is 0 Å². The second-order valence-electron chi connectivity index (χ2n) is 9.37. The molecule has 7 heteroatoms. The molecule has 204 valence electrons. The van der Waals surface area contributed by atoms with Crippen molar-refractivity contribution in [3.8, 4) is 17.2 Å². The second-order valence-corrected chi connectivity index (χ2v) is 9.37. The molecule has 2 aromatic rings. The Labute approximate surface area is 220 Å². The number of ether oxygens (including phenoxy) is 4. The van der Waals surface area contributed by atoms with Crippen LogP contribution < -0.4 is 14.9 Å². The van der Waals surface area contributed by atoms with Crippen LogP contribution in [0.3, 0.4) is 0 Å². The summed E-state index contributed by atoms with van der Waals surface area (Å²) in [7, 11) is 6.31. The van der Waals surface area contributed by atoms with E-state index in [4.69, 9.17) is 23.4 Å². The van der Waals surface area contributed by atoms with E-state index in [1.54, 1.807) is 21.1 Å². The van der Waals surface area contributed by atoms with Gasteiger partial charge in [0.15, 0.2) is 16.8 Å². The Hall–Kier alpha value is -3.03. The molecule has 0 spiro atoms. The molecule has 4 atom stereocenters. The Morgan fingerprint density at radius 1 is 1.08 bits per heavy atom. The van der Waals surface area contributed by atoms with Gasteiger partial charge in [-0.05, 0) is 33.1 Å². The predicted octanol–water partition coefficient (Wildman–Crippen LogP) is 6.14. The fourth-order valence-corrected chi connectivity index (χ4v) is 4.61. The van der Waals surface area contributed by atoms with Gasteiger partial charge in [-0.2, -0.15) is 0 Å². The molecule has 0 radical (unpaired) electrons. The van der Waals surface area contributed by atoms with E-state index < -0.39 is 0 Å². The normalized spacial score (nSPS) is 15.9. The van der Waals surface area contributed by atoms with Crippen molar-refractivity contribution in [3.05, 3.63) is 63.6 Å². The standard InChI is InChI=1S/C30H42O7/c1-10-18(2)13-11-12-14-22(33-6)21(5)29(36-9)19(3)15-16-23-20(4)27(31)26-24(34-7)17-25(35-8)28(32)30(26)37-23/h10-14,17,19,21-22,29,32H,15-16H2,1-9H3/b13-11-,14-12+,18-10+/t19-,21+,22-,29-/m0/s1. The average molecular weight is 515 g/mol. The summed E-state index contributed by atoms with van der Waals surface area (Å²) in [6.07, 6.45) is 11.1. The highest BCUT2D eigenvalue weighted by atomic mass is 16.5. The molecule has 0 amide bonds. The molecule has 1 heterocycles. The molecule has 2 rings (SSSR count). The van der Waals surface area contributed by atoms with Crippen LogP contribution >= 0.6 is 0 Å². The van der Waals surface area contributed by atoms with Crippen LogP contribution in [-0.4, -0.2) is 45.8 Å². The van der Waals surface area contributed by atoms with Crippen molar-refractivity contribution in [3.63, 3.8) is 0 Å². The average Bonchev–Trinajstić information content (AvgIpc) is 2.90. The maximum Gasteiger partial charge on any atom is 0.202 e. The van der Waals surface area contributed by atoms with E-state index in [0.717, 1.165) is 0 Å². The molecule has 0 unspecified atom stereocenters. The molecule has 0 aliphatic rings. The molecule has 0 aliphatic heterocycles. The zero-order valence-corrected chi connectivity index (χ0v) is 23.6. The Morgan fingerprint density at radius 3 is 2.32 bits per heavy atom. The molecule has 0 fully saturated rings. The summed E-state index contributed by atoms with van der Waals surface area (Å²) in [5, 5.41) is 10.8. The first-order valence-electron chi connectivity index (χ1n) is 12.6. The van der Waals surface area contributed by atoms with Crippen molar-refractivity contribution in [2.75, 3.05) is 28.4 Å². The molecule has 37 heavy (non-hydrogen) atoms. The highest BCUT2D eigenvalue weighted by molar-refractivity contribution is 5.91. The SMILES string of the molecule is C/C=C(C)/C=C\C=C\[C@H](OC)[C@@H](C)[C@@H](OC)[C@@H](C)CCc1oc2c(O)c(OC)cc(OC)c2c(=O)c1C. The van der Waals surface area contributed by atoms with Crippen molar-refractivity contribution >= 4 is 11.0 Å². The fraction of sp³-hybridized carbons (Fsp3) is 0.500. The van der Waals surface area contributed by atoms with E-state index in [-0.39, 0.29) is 51.9 Å². The van der Waals surface area contributed by atoms with Crippen LogP contribution in [0.4, 0.5) is 0 Å². The number of phenolic OH excluding ortho intramolecular Hbond substituents is 1. The quantitative estimate of drug-likeness (QED) is 0.321. The molecule has 1 N–H and O–H groups in total. The molecule has 0 aliphatic carbocycles. The zero-order chi connectivity index (χ0) is 27.7. The molecule has 1 aromatic carbocycles. The lowest BCUT2D eigenvalue weighted by atomic mass is 9.85. The number of phenols is 1. The number of benzene rings is 1. The van der Waals surface area contributed by atoms with Crippen LogP contribution in [-0.2, 0) is 15.9 Å². The molecule has 0 bridgehead atoms. The summed E-state index contributed by atoms with van der Waals surface area (Å²) in [4.78, 5) is 13.2. The van der Waals surface area contributed by atoms with Crippen LogP contribution in [0.2, 0.25) is 0 Å². The summed E-state index contributed by atoms with van der Waals surface area (Å²) < 4.78 is 28.3. The smallest absolute Gasteiger partial charge is 0.202 e. The zero-order valence-electron chi connectivity index (χ0n) is 23.6. The highest BCUT2D eigenvalue weighted by Gasteiger charge is 2.29. The number of hydrogen-bond donors (Lipinski definition) is 1. The fourth-order valence-electron chi connectivity index (χ4n) is 4.61. The van der Waals surface area contributed by atoms with Gasteiger partial charge >= 0.3 is 0 Å². The third-order valence-corrected chi connectivity index (χ3v) is 7.03. The Balaban J connectivity index is 2.27. The maximum atomic E-state index is 13.2. The lowest BCUT2D eigenvalue weighted by molar-refractivity contribution is -0.0343. The van der Waals surface area contributed by atoms with Crippen molar-refractivity contribution in [2.24, 2.45) is 11.8 Å². The van der Waals surface area contributed by atoms with E-state index in [1.807, 2.05) is 31.2 Å². The van der Waals surface area contributed by atoms with Crippen LogP contribution in [0.1, 0.15) is 45.4 Å². The summed E-state index contributed by atoms with van der Waals surface area (Å²) in [6.45, 7) is 10.0. The van der Waals surface area contributed by atoms with Crippen LogP contribution in [0.5, 0.6) is 17.2 Å². The van der Waals surface area contributed by atoms with Crippen molar-refractivity contribution in [2.45, 2.75) is 59.7 Å². The number of methoxy groups -OCH3 is 4. The van der Waals surface area contributed by atoms with Gasteiger partial charge in [0.1, 0.15) is 16.9 Å². The molecular weight excluding hydrogens is 472 g/mol. The summed E-state index contributed by atoms with van der Waals surface area (Å²) >= 11 is 0. The minimum Gasteiger partial charge on any atom is -0.502 e. The van der Waals surface area contributed by atoms with E-state index in [1.165, 1.54) is 25.9 Å². The predicted molar refractivity (Wildman–Crippen MR) is 148 cm³/mol. The van der Waals surface area contributed by atoms with Gasteiger partial charge < -0.3 is 28.5 Å². The summed E-state index contributed by atoms with van der Waals surface area (Å²) in [5.41, 5.74) is 1.51. The van der Waals surface area contributed by atoms with E-state index in [9.17, 15) is 9.90 Å². The number of allylic oxidation sites excluding steroid dienone is 5. The topological polar surface area (TPSA) is 87.4 Å². The summed E-state index contributed by atoms with van der Waals surface area (Å²) in [5.74, 6) is 0.995. The van der Waals surface area contributed by atoms with Crippen LogP contribution in [0, 0.1) is 18.8 Å². The highest BCUT2D eigenvalue weighted by Crippen LogP contribution is 2.40. The minimum absolute atomic E-state index is 0.0666. The second kappa shape index (κ2) is 14.1. The van der Waals surface area contributed by atoms with Crippen molar-refractivity contribution < 1.29 is 28.5 Å². The van der Waals surface area contributed by atoms with Gasteiger partial charge in [-0.1, -0.05) is 49.8 Å². The Kier molecular flexibility index (Phi) is 11.5. The Morgan fingerprint density at radius 2 is 1.76 bits per heavy atom. The number of hydrogen-bond acceptors (Lipinski definition) is 7. The minimum atomic E-state index is -0.235. The lowest BCUT2D eigenvalue weighted by Crippen LogP contribution is -2.36. The Bertz CT molecular complexity index is 1190. The first-order chi connectivity index (χ1) is 17.6. The van der Waals surface area contributed by atoms with Gasteiger partial charge in [0, 0.05) is 38.2 Å². The van der Waals surface area contributed by atoms with Crippen molar-refractivity contribution in [1.82, 2.24) is 0 Å². The number of rotatable bonds is 13. The molecular formula is C30H42O7. The third-order valence-electron chi connectivity index (χ3n) is 7.03. The summed E-state index contributed by atoms with van der Waals surface area (Å²) in [6, 6.07) is 1.48. The van der Waals surface area contributed by atoms with Crippen molar-refractivity contribution in [1.29, 1.82) is 0 Å². The van der Waals surface area contributed by atoms with Crippen LogP contribution in [0.25, 0.3) is 11.0 Å². The van der Waals surface area contributed by atoms with E-state index in [0.29, 0.717) is 29.9 Å². The van der Waals surface area contributed by atoms with Crippen LogP contribution in [0.15, 0.2) is 51.2 Å². The van der Waals surface area contributed by atoms with Gasteiger partial charge in [0.05, 0.1) is 26.4 Å². The monoisotopic (exact) mass is 514 g/mol. The molecule has 0 saturated heterocycles. The number of aryl methyl sites for hydroxylation is 1. The first-order valence-corrected chi connectivity index (χ1v) is 12.6. The molecule has 1 aromatic heterocycles. The first kappa shape index (κ1) is 30.2. The molecule has 7 nitrogen and oxygen atoms in total. The lowest BCUT2D eigenvalue weighted by Gasteiger charge is -2.32. The third kappa shape index (κ3) is 7.05. The maximum absolute atomic E-state index is 13.2. The van der Waals surface area contributed by atoms with Gasteiger partial charge in [0.2, 0.25) is 5.75 Å². The van der Waals surface area contributed by atoms with Gasteiger partial charge in [-0.3, -0.25) is 4.79 Å². The van der Waals surface area contributed by atoms with Gasteiger partial charge in [-0.15, -0.1) is 0 Å². The number of fused-ring (bicyclic) bond motifs is 1. The van der Waals surface area contributed by atoms with Gasteiger partial charge in [0.25, 0.3) is 0 Å². The van der Waals surface area contributed by atoms with E-state index in [2.05, 4.69) is 26.8 Å². The van der Waals surface area contributed by atoms with Gasteiger partial charge in [-0.25, -0.2) is 0 Å². The number of aromatic hydroxyl groups is 1. The molecule has 0 saturated carbocycles.